The molecule has 0 aliphatic rings. The highest BCUT2D eigenvalue weighted by atomic mass is 19.1. The Hall–Kier alpha value is -2.55. The molecule has 1 nitrogen and oxygen atoms in total. The second-order valence-corrected chi connectivity index (χ2v) is 4.36. The van der Waals surface area contributed by atoms with Gasteiger partial charge in [-0.2, -0.15) is 0 Å². The second-order valence-electron chi connectivity index (χ2n) is 4.36. The van der Waals surface area contributed by atoms with Crippen molar-refractivity contribution < 1.29 is 8.78 Å². The molecule has 0 spiro atoms. The summed E-state index contributed by atoms with van der Waals surface area (Å²) in [7, 11) is 0. The van der Waals surface area contributed by atoms with Crippen molar-refractivity contribution in [1.29, 1.82) is 0 Å². The number of halogens is 2. The first-order valence-corrected chi connectivity index (χ1v) is 6.22. The summed E-state index contributed by atoms with van der Waals surface area (Å²) in [5.41, 5.74) is 1.80. The van der Waals surface area contributed by atoms with Crippen molar-refractivity contribution in [1.82, 2.24) is 4.98 Å². The Kier molecular flexibility index (Phi) is 3.25. The summed E-state index contributed by atoms with van der Waals surface area (Å²) >= 11 is 0. The van der Waals surface area contributed by atoms with Crippen LogP contribution in [0.1, 0.15) is 0 Å². The molecule has 3 heteroatoms. The normalized spacial score (nSPS) is 10.5. The lowest BCUT2D eigenvalue weighted by Crippen LogP contribution is -1.93. The fraction of sp³-hybridized carbons (Fsp3) is 0. The zero-order chi connectivity index (χ0) is 13.9. The SMILES string of the molecule is Fc1ccccc1-c1cccnc1-c1ccccc1F. The molecule has 20 heavy (non-hydrogen) atoms. The van der Waals surface area contributed by atoms with Gasteiger partial charge in [-0.1, -0.05) is 36.4 Å². The molecule has 0 unspecified atom stereocenters. The minimum Gasteiger partial charge on any atom is -0.255 e. The van der Waals surface area contributed by atoms with Crippen molar-refractivity contribution in [3.63, 3.8) is 0 Å². The molecule has 0 atom stereocenters. The summed E-state index contributed by atoms with van der Waals surface area (Å²) in [6.45, 7) is 0. The summed E-state index contributed by atoms with van der Waals surface area (Å²) in [6, 6.07) is 16.2. The highest BCUT2D eigenvalue weighted by molar-refractivity contribution is 5.81. The third-order valence-corrected chi connectivity index (χ3v) is 3.10. The number of rotatable bonds is 2. The van der Waals surface area contributed by atoms with E-state index in [-0.39, 0.29) is 11.6 Å². The highest BCUT2D eigenvalue weighted by Crippen LogP contribution is 2.32. The van der Waals surface area contributed by atoms with Crippen molar-refractivity contribution in [2.45, 2.75) is 0 Å². The Morgan fingerprint density at radius 2 is 1.15 bits per heavy atom. The van der Waals surface area contributed by atoms with Crippen LogP contribution in [0.3, 0.4) is 0 Å². The summed E-state index contributed by atoms with van der Waals surface area (Å²) in [5.74, 6) is -0.720. The molecule has 2 aromatic carbocycles. The van der Waals surface area contributed by atoms with Crippen molar-refractivity contribution in [2.75, 3.05) is 0 Å². The molecule has 0 radical (unpaired) electrons. The van der Waals surface area contributed by atoms with Crippen LogP contribution in [0.2, 0.25) is 0 Å². The Bertz CT molecular complexity index is 689. The Morgan fingerprint density at radius 1 is 0.600 bits per heavy atom. The van der Waals surface area contributed by atoms with Crippen LogP contribution >= 0.6 is 0 Å². The lowest BCUT2D eigenvalue weighted by Gasteiger charge is -2.10. The second kappa shape index (κ2) is 5.21. The smallest absolute Gasteiger partial charge is 0.132 e. The van der Waals surface area contributed by atoms with Crippen LogP contribution in [0.4, 0.5) is 8.78 Å². The van der Waals surface area contributed by atoms with Gasteiger partial charge in [0.25, 0.3) is 0 Å². The van der Waals surface area contributed by atoms with E-state index < -0.39 is 0 Å². The van der Waals surface area contributed by atoms with E-state index in [9.17, 15) is 8.78 Å². The molecule has 0 aliphatic heterocycles. The van der Waals surface area contributed by atoms with E-state index in [1.807, 2.05) is 0 Å². The van der Waals surface area contributed by atoms with Gasteiger partial charge in [0.15, 0.2) is 0 Å². The first-order valence-electron chi connectivity index (χ1n) is 6.22. The molecule has 98 valence electrons. The van der Waals surface area contributed by atoms with Gasteiger partial charge in [-0.15, -0.1) is 0 Å². The van der Waals surface area contributed by atoms with Gasteiger partial charge in [-0.05, 0) is 24.3 Å². The van der Waals surface area contributed by atoms with Crippen molar-refractivity contribution >= 4 is 0 Å². The molecule has 0 N–H and O–H groups in total. The zero-order valence-electron chi connectivity index (χ0n) is 10.6. The molecule has 0 bridgehead atoms. The fourth-order valence-corrected chi connectivity index (χ4v) is 2.17. The third kappa shape index (κ3) is 2.18. The van der Waals surface area contributed by atoms with E-state index in [4.69, 9.17) is 0 Å². The van der Waals surface area contributed by atoms with Crippen LogP contribution in [0.25, 0.3) is 22.4 Å². The molecule has 3 aromatic rings. The lowest BCUT2D eigenvalue weighted by molar-refractivity contribution is 0.628. The van der Waals surface area contributed by atoms with Crippen LogP contribution in [0.15, 0.2) is 66.9 Å². The summed E-state index contributed by atoms with van der Waals surface area (Å²) in [5, 5.41) is 0. The van der Waals surface area contributed by atoms with E-state index in [2.05, 4.69) is 4.98 Å². The lowest BCUT2D eigenvalue weighted by atomic mass is 9.99. The molecular weight excluding hydrogens is 256 g/mol. The predicted molar refractivity (Wildman–Crippen MR) is 75.0 cm³/mol. The standard InChI is InChI=1S/C17H11F2N/c18-15-9-3-1-6-12(15)13-8-5-11-20-17(13)14-7-2-4-10-16(14)19/h1-11H. The van der Waals surface area contributed by atoms with Gasteiger partial charge in [0.1, 0.15) is 11.6 Å². The van der Waals surface area contributed by atoms with Gasteiger partial charge in [-0.3, -0.25) is 4.98 Å². The van der Waals surface area contributed by atoms with Crippen LogP contribution in [-0.2, 0) is 0 Å². The van der Waals surface area contributed by atoms with Gasteiger partial charge in [0.05, 0.1) is 5.69 Å². The predicted octanol–water partition coefficient (Wildman–Crippen LogP) is 4.69. The maximum Gasteiger partial charge on any atom is 0.132 e. The Labute approximate surface area is 115 Å². The fourth-order valence-electron chi connectivity index (χ4n) is 2.17. The van der Waals surface area contributed by atoms with Crippen LogP contribution < -0.4 is 0 Å². The van der Waals surface area contributed by atoms with E-state index in [1.165, 1.54) is 12.1 Å². The largest absolute Gasteiger partial charge is 0.255 e. The van der Waals surface area contributed by atoms with Gasteiger partial charge >= 0.3 is 0 Å². The molecule has 3 rings (SSSR count). The maximum absolute atomic E-state index is 14.0. The van der Waals surface area contributed by atoms with Crippen LogP contribution in [0.5, 0.6) is 0 Å². The van der Waals surface area contributed by atoms with Crippen molar-refractivity contribution in [3.8, 4) is 22.4 Å². The number of benzene rings is 2. The monoisotopic (exact) mass is 267 g/mol. The summed E-state index contributed by atoms with van der Waals surface area (Å²) < 4.78 is 27.9. The van der Waals surface area contributed by atoms with E-state index in [1.54, 1.807) is 54.7 Å². The topological polar surface area (TPSA) is 12.9 Å². The molecular formula is C17H11F2N. The van der Waals surface area contributed by atoms with Gasteiger partial charge in [0, 0.05) is 22.9 Å². The maximum atomic E-state index is 14.0. The number of hydrogen-bond acceptors (Lipinski definition) is 1. The molecule has 0 amide bonds. The van der Waals surface area contributed by atoms with Gasteiger partial charge < -0.3 is 0 Å². The van der Waals surface area contributed by atoms with Crippen molar-refractivity contribution in [2.24, 2.45) is 0 Å². The molecule has 0 fully saturated rings. The third-order valence-electron chi connectivity index (χ3n) is 3.10. The Balaban J connectivity index is 2.25. The molecule has 1 aromatic heterocycles. The number of hydrogen-bond donors (Lipinski definition) is 0. The summed E-state index contributed by atoms with van der Waals surface area (Å²) in [6.07, 6.45) is 1.58. The number of aromatic nitrogens is 1. The molecule has 1 heterocycles. The summed E-state index contributed by atoms with van der Waals surface area (Å²) in [4.78, 5) is 4.22. The minimum absolute atomic E-state index is 0.349. The van der Waals surface area contributed by atoms with E-state index in [0.717, 1.165) is 0 Å². The Morgan fingerprint density at radius 3 is 1.80 bits per heavy atom. The van der Waals surface area contributed by atoms with Gasteiger partial charge in [0.2, 0.25) is 0 Å². The molecule has 0 saturated carbocycles. The average molecular weight is 267 g/mol. The first kappa shape index (κ1) is 12.5. The average Bonchev–Trinajstić information content (AvgIpc) is 2.48. The quantitative estimate of drug-likeness (QED) is 0.656. The van der Waals surface area contributed by atoms with E-state index in [0.29, 0.717) is 22.4 Å². The first-order chi connectivity index (χ1) is 9.77. The number of pyridine rings is 1. The molecule has 0 saturated heterocycles. The van der Waals surface area contributed by atoms with Crippen LogP contribution in [0, 0.1) is 11.6 Å². The minimum atomic E-state index is -0.371. The van der Waals surface area contributed by atoms with Crippen LogP contribution in [-0.4, -0.2) is 4.98 Å². The number of nitrogens with zero attached hydrogens (tertiary/aromatic N) is 1. The zero-order valence-corrected chi connectivity index (χ0v) is 10.6. The van der Waals surface area contributed by atoms with Gasteiger partial charge in [-0.25, -0.2) is 8.78 Å². The van der Waals surface area contributed by atoms with Crippen molar-refractivity contribution in [3.05, 3.63) is 78.5 Å². The highest BCUT2D eigenvalue weighted by Gasteiger charge is 2.14. The van der Waals surface area contributed by atoms with E-state index >= 15 is 0 Å². The molecule has 0 aliphatic carbocycles.